The Bertz CT molecular complexity index is 883. The molecule has 0 bridgehead atoms. The monoisotopic (exact) mass is 355 g/mol. The van der Waals surface area contributed by atoms with E-state index >= 15 is 0 Å². The Hall–Kier alpha value is -2.54. The van der Waals surface area contributed by atoms with Crippen LogP contribution in [0.25, 0.3) is 21.8 Å². The normalized spacial score (nSPS) is 10.8. The van der Waals surface area contributed by atoms with Gasteiger partial charge in [-0.1, -0.05) is 13.3 Å². The molecule has 0 spiro atoms. The van der Waals surface area contributed by atoms with Gasteiger partial charge in [0.25, 0.3) is 0 Å². The summed E-state index contributed by atoms with van der Waals surface area (Å²) in [6, 6.07) is 1.94. The van der Waals surface area contributed by atoms with Crippen molar-refractivity contribution in [3.8, 4) is 21.8 Å². The number of aryl methyl sites for hydroxylation is 2. The molecule has 25 heavy (non-hydrogen) atoms. The van der Waals surface area contributed by atoms with E-state index in [-0.39, 0.29) is 5.91 Å². The summed E-state index contributed by atoms with van der Waals surface area (Å²) >= 11 is 1.54. The van der Waals surface area contributed by atoms with Crippen LogP contribution in [0.4, 0.5) is 5.69 Å². The van der Waals surface area contributed by atoms with Crippen LogP contribution in [0.5, 0.6) is 0 Å². The minimum atomic E-state index is 0.0528. The molecule has 7 heteroatoms. The van der Waals surface area contributed by atoms with Crippen molar-refractivity contribution in [2.45, 2.75) is 33.1 Å². The van der Waals surface area contributed by atoms with Crippen LogP contribution in [0.2, 0.25) is 0 Å². The second kappa shape index (κ2) is 7.57. The zero-order chi connectivity index (χ0) is 17.8. The van der Waals surface area contributed by atoms with Crippen LogP contribution in [0.15, 0.2) is 30.0 Å². The number of hydrogen-bond donors (Lipinski definition) is 1. The van der Waals surface area contributed by atoms with Crippen LogP contribution >= 0.6 is 11.3 Å². The molecule has 0 radical (unpaired) electrons. The molecule has 6 nitrogen and oxygen atoms in total. The lowest BCUT2D eigenvalue weighted by Gasteiger charge is -2.02. The lowest BCUT2D eigenvalue weighted by Crippen LogP contribution is -2.09. The van der Waals surface area contributed by atoms with Gasteiger partial charge in [-0.15, -0.1) is 11.3 Å². The van der Waals surface area contributed by atoms with Crippen molar-refractivity contribution >= 4 is 22.9 Å². The lowest BCUT2D eigenvalue weighted by molar-refractivity contribution is -0.116. The predicted molar refractivity (Wildman–Crippen MR) is 100 cm³/mol. The largest absolute Gasteiger partial charge is 0.325 e. The molecule has 1 amide bonds. The molecule has 3 aromatic heterocycles. The number of carbonyl (C=O) groups is 1. The topological polar surface area (TPSA) is 72.7 Å². The summed E-state index contributed by atoms with van der Waals surface area (Å²) < 4.78 is 1.77. The minimum Gasteiger partial charge on any atom is -0.325 e. The van der Waals surface area contributed by atoms with Crippen LogP contribution in [-0.4, -0.2) is 25.7 Å². The highest BCUT2D eigenvalue weighted by Gasteiger charge is 2.11. The van der Waals surface area contributed by atoms with Crippen molar-refractivity contribution in [3.05, 3.63) is 35.7 Å². The summed E-state index contributed by atoms with van der Waals surface area (Å²) in [5.74, 6) is 0.0528. The molecule has 0 aliphatic heterocycles. The van der Waals surface area contributed by atoms with E-state index in [1.165, 1.54) is 0 Å². The van der Waals surface area contributed by atoms with Crippen molar-refractivity contribution in [3.63, 3.8) is 0 Å². The Kier molecular flexibility index (Phi) is 5.23. The highest BCUT2D eigenvalue weighted by molar-refractivity contribution is 7.14. The number of thiophene rings is 1. The van der Waals surface area contributed by atoms with E-state index in [0.717, 1.165) is 46.1 Å². The third-order valence-corrected chi connectivity index (χ3v) is 4.77. The summed E-state index contributed by atoms with van der Waals surface area (Å²) in [5.41, 5.74) is 4.29. The molecule has 0 saturated heterocycles. The highest BCUT2D eigenvalue weighted by Crippen LogP contribution is 2.30. The first kappa shape index (κ1) is 17.3. The van der Waals surface area contributed by atoms with Gasteiger partial charge in [0, 0.05) is 30.6 Å². The first-order valence-corrected chi connectivity index (χ1v) is 9.16. The van der Waals surface area contributed by atoms with Gasteiger partial charge in [0.2, 0.25) is 5.91 Å². The number of rotatable bonds is 6. The van der Waals surface area contributed by atoms with E-state index in [2.05, 4.69) is 22.3 Å². The molecular formula is C18H21N5OS. The van der Waals surface area contributed by atoms with E-state index in [0.29, 0.717) is 6.42 Å². The fraction of sp³-hybridized carbons (Fsp3) is 0.333. The van der Waals surface area contributed by atoms with Gasteiger partial charge in [0.05, 0.1) is 40.0 Å². The molecule has 0 aliphatic rings. The van der Waals surface area contributed by atoms with E-state index in [1.54, 1.807) is 28.4 Å². The molecule has 130 valence electrons. The quantitative estimate of drug-likeness (QED) is 0.724. The van der Waals surface area contributed by atoms with Crippen molar-refractivity contribution in [2.75, 3.05) is 5.32 Å². The Morgan fingerprint density at radius 3 is 2.84 bits per heavy atom. The average molecular weight is 355 g/mol. The van der Waals surface area contributed by atoms with Crippen LogP contribution in [0.3, 0.4) is 0 Å². The summed E-state index contributed by atoms with van der Waals surface area (Å²) in [4.78, 5) is 21.9. The summed E-state index contributed by atoms with van der Waals surface area (Å²) in [7, 11) is 1.89. The highest BCUT2D eigenvalue weighted by atomic mass is 32.1. The maximum absolute atomic E-state index is 11.9. The molecule has 0 aromatic carbocycles. The lowest BCUT2D eigenvalue weighted by atomic mass is 10.2. The Morgan fingerprint density at radius 1 is 1.32 bits per heavy atom. The zero-order valence-electron chi connectivity index (χ0n) is 14.6. The van der Waals surface area contributed by atoms with E-state index in [9.17, 15) is 4.79 Å². The number of carbonyl (C=O) groups excluding carboxylic acids is 1. The van der Waals surface area contributed by atoms with E-state index in [4.69, 9.17) is 4.98 Å². The van der Waals surface area contributed by atoms with Gasteiger partial charge in [-0.3, -0.25) is 14.5 Å². The van der Waals surface area contributed by atoms with Crippen molar-refractivity contribution in [1.82, 2.24) is 19.7 Å². The molecule has 0 fully saturated rings. The van der Waals surface area contributed by atoms with Gasteiger partial charge in [0.1, 0.15) is 0 Å². The van der Waals surface area contributed by atoms with Crippen LogP contribution in [-0.2, 0) is 11.8 Å². The SMILES string of the molecule is CCCCC(=O)Nc1csc(-c2cncc(-c3cn(C)nc3C)n2)c1. The minimum absolute atomic E-state index is 0.0528. The van der Waals surface area contributed by atoms with Crippen LogP contribution < -0.4 is 5.32 Å². The third kappa shape index (κ3) is 4.11. The van der Waals surface area contributed by atoms with Crippen molar-refractivity contribution < 1.29 is 4.79 Å². The summed E-state index contributed by atoms with van der Waals surface area (Å²) in [6.07, 6.45) is 7.89. The zero-order valence-corrected chi connectivity index (χ0v) is 15.4. The van der Waals surface area contributed by atoms with Crippen molar-refractivity contribution in [1.29, 1.82) is 0 Å². The molecule has 1 N–H and O–H groups in total. The molecule has 0 unspecified atom stereocenters. The maximum atomic E-state index is 11.9. The van der Waals surface area contributed by atoms with E-state index < -0.39 is 0 Å². The molecule has 3 heterocycles. The number of nitrogens with one attached hydrogen (secondary N) is 1. The Labute approximate surface area is 150 Å². The van der Waals surface area contributed by atoms with Crippen LogP contribution in [0, 0.1) is 6.92 Å². The molecule has 0 saturated carbocycles. The van der Waals surface area contributed by atoms with Gasteiger partial charge in [-0.05, 0) is 19.4 Å². The fourth-order valence-electron chi connectivity index (χ4n) is 2.56. The number of unbranched alkanes of at least 4 members (excludes halogenated alkanes) is 1. The summed E-state index contributed by atoms with van der Waals surface area (Å²) in [6.45, 7) is 4.03. The van der Waals surface area contributed by atoms with Crippen molar-refractivity contribution in [2.24, 2.45) is 7.05 Å². The van der Waals surface area contributed by atoms with Gasteiger partial charge in [-0.25, -0.2) is 4.98 Å². The number of aromatic nitrogens is 4. The maximum Gasteiger partial charge on any atom is 0.224 e. The number of nitrogens with zero attached hydrogens (tertiary/aromatic N) is 4. The average Bonchev–Trinajstić information content (AvgIpc) is 3.19. The number of amides is 1. The number of hydrogen-bond acceptors (Lipinski definition) is 5. The van der Waals surface area contributed by atoms with Gasteiger partial charge < -0.3 is 5.32 Å². The smallest absolute Gasteiger partial charge is 0.224 e. The predicted octanol–water partition coefficient (Wildman–Crippen LogP) is 4.04. The van der Waals surface area contributed by atoms with Gasteiger partial charge in [-0.2, -0.15) is 5.10 Å². The molecule has 0 aliphatic carbocycles. The fourth-order valence-corrected chi connectivity index (χ4v) is 3.36. The second-order valence-electron chi connectivity index (χ2n) is 5.94. The standard InChI is InChI=1S/C18H21N5OS/c1-4-5-6-18(24)20-13-7-17(25-11-13)16-9-19-8-15(21-16)14-10-23(3)22-12(14)2/h7-11H,4-6H2,1-3H3,(H,20,24). The third-order valence-electron chi connectivity index (χ3n) is 3.82. The molecular weight excluding hydrogens is 334 g/mol. The first-order chi connectivity index (χ1) is 12.1. The first-order valence-electron chi connectivity index (χ1n) is 8.28. The second-order valence-corrected chi connectivity index (χ2v) is 6.85. The molecule has 3 aromatic rings. The molecule has 0 atom stereocenters. The summed E-state index contributed by atoms with van der Waals surface area (Å²) in [5, 5.41) is 9.22. The number of anilines is 1. The Balaban J connectivity index is 1.80. The van der Waals surface area contributed by atoms with Gasteiger partial charge >= 0.3 is 0 Å². The van der Waals surface area contributed by atoms with Gasteiger partial charge in [0.15, 0.2) is 0 Å². The molecule has 3 rings (SSSR count). The Morgan fingerprint density at radius 2 is 2.12 bits per heavy atom. The van der Waals surface area contributed by atoms with Crippen LogP contribution in [0.1, 0.15) is 31.9 Å². The van der Waals surface area contributed by atoms with E-state index in [1.807, 2.05) is 31.6 Å².